The van der Waals surface area contributed by atoms with Gasteiger partial charge in [-0.3, -0.25) is 0 Å². The molecule has 1 nitrogen and oxygen atoms in total. The van der Waals surface area contributed by atoms with Crippen molar-refractivity contribution in [1.82, 2.24) is 4.98 Å². The van der Waals surface area contributed by atoms with Gasteiger partial charge in [0.05, 0.1) is 10.2 Å². The lowest BCUT2D eigenvalue weighted by atomic mass is 9.99. The van der Waals surface area contributed by atoms with Gasteiger partial charge in [0.2, 0.25) is 0 Å². The number of fused-ring (bicyclic) bond motifs is 1. The first-order valence-corrected chi connectivity index (χ1v) is 10.2. The maximum Gasteiger partial charge on any atom is 0.124 e. The van der Waals surface area contributed by atoms with Crippen LogP contribution in [0.1, 0.15) is 5.56 Å². The van der Waals surface area contributed by atoms with Gasteiger partial charge in [-0.25, -0.2) is 4.98 Å². The van der Waals surface area contributed by atoms with Crippen molar-refractivity contribution < 1.29 is 0 Å². The summed E-state index contributed by atoms with van der Waals surface area (Å²) in [6.45, 7) is 2.15. The molecular weight excluding hydrogens is 358 g/mol. The first kappa shape index (κ1) is 16.9. The second-order valence-corrected chi connectivity index (χ2v) is 7.90. The van der Waals surface area contributed by atoms with Gasteiger partial charge in [-0.1, -0.05) is 97.1 Å². The SMILES string of the molecule is Cc1ccccc1-c1nc2c(-c3ccccc3)ccc(-c3ccccc3)c2s1. The van der Waals surface area contributed by atoms with Crippen molar-refractivity contribution in [3.63, 3.8) is 0 Å². The number of aryl methyl sites for hydroxylation is 1. The van der Waals surface area contributed by atoms with E-state index in [9.17, 15) is 0 Å². The second kappa shape index (κ2) is 7.06. The lowest BCUT2D eigenvalue weighted by Gasteiger charge is -2.07. The lowest BCUT2D eigenvalue weighted by molar-refractivity contribution is 1.41. The Balaban J connectivity index is 1.81. The third kappa shape index (κ3) is 2.92. The number of hydrogen-bond acceptors (Lipinski definition) is 2. The number of nitrogens with zero attached hydrogens (tertiary/aromatic N) is 1. The molecule has 5 aromatic rings. The molecule has 0 saturated heterocycles. The zero-order valence-electron chi connectivity index (χ0n) is 15.6. The molecule has 0 radical (unpaired) electrons. The van der Waals surface area contributed by atoms with Gasteiger partial charge in [-0.05, 0) is 23.6 Å². The number of thiazole rings is 1. The molecule has 134 valence electrons. The molecule has 0 aliphatic rings. The predicted molar refractivity (Wildman–Crippen MR) is 121 cm³/mol. The van der Waals surface area contributed by atoms with Crippen LogP contribution in [0.25, 0.3) is 43.0 Å². The topological polar surface area (TPSA) is 12.9 Å². The van der Waals surface area contributed by atoms with Gasteiger partial charge in [0, 0.05) is 16.7 Å². The first-order valence-electron chi connectivity index (χ1n) is 9.41. The van der Waals surface area contributed by atoms with Crippen molar-refractivity contribution in [2.24, 2.45) is 0 Å². The Labute approximate surface area is 169 Å². The standard InChI is InChI=1S/C26H19NS/c1-18-10-8-9-15-21(18)26-27-24-22(19-11-4-2-5-12-19)16-17-23(25(24)28-26)20-13-6-3-7-14-20/h2-17H,1H3. The second-order valence-electron chi connectivity index (χ2n) is 6.90. The smallest absolute Gasteiger partial charge is 0.124 e. The molecule has 2 heteroatoms. The highest BCUT2D eigenvalue weighted by Gasteiger charge is 2.16. The van der Waals surface area contributed by atoms with E-state index in [0.29, 0.717) is 0 Å². The zero-order chi connectivity index (χ0) is 18.9. The summed E-state index contributed by atoms with van der Waals surface area (Å²) < 4.78 is 1.24. The molecule has 0 unspecified atom stereocenters. The van der Waals surface area contributed by atoms with E-state index in [0.717, 1.165) is 10.5 Å². The van der Waals surface area contributed by atoms with Gasteiger partial charge < -0.3 is 0 Å². The van der Waals surface area contributed by atoms with Gasteiger partial charge in [0.25, 0.3) is 0 Å². The highest BCUT2D eigenvalue weighted by atomic mass is 32.1. The Morgan fingerprint density at radius 2 is 1.14 bits per heavy atom. The van der Waals surface area contributed by atoms with E-state index in [-0.39, 0.29) is 0 Å². The van der Waals surface area contributed by atoms with Crippen LogP contribution in [-0.2, 0) is 0 Å². The van der Waals surface area contributed by atoms with Crippen LogP contribution in [0.3, 0.4) is 0 Å². The third-order valence-electron chi connectivity index (χ3n) is 5.09. The summed E-state index contributed by atoms with van der Waals surface area (Å²) in [6.07, 6.45) is 0. The Morgan fingerprint density at radius 1 is 0.571 bits per heavy atom. The Hall–Kier alpha value is -3.23. The van der Waals surface area contributed by atoms with Crippen molar-refractivity contribution in [3.05, 3.63) is 103 Å². The zero-order valence-corrected chi connectivity index (χ0v) is 16.4. The Morgan fingerprint density at radius 3 is 1.82 bits per heavy atom. The minimum atomic E-state index is 1.08. The van der Waals surface area contributed by atoms with E-state index < -0.39 is 0 Å². The minimum Gasteiger partial charge on any atom is -0.235 e. The number of benzene rings is 4. The molecule has 0 atom stereocenters. The number of rotatable bonds is 3. The molecule has 0 aliphatic carbocycles. The molecular formula is C26H19NS. The van der Waals surface area contributed by atoms with Crippen LogP contribution in [0.15, 0.2) is 97.1 Å². The molecule has 0 N–H and O–H groups in total. The van der Waals surface area contributed by atoms with Crippen molar-refractivity contribution in [2.45, 2.75) is 6.92 Å². The van der Waals surface area contributed by atoms with Gasteiger partial charge >= 0.3 is 0 Å². The van der Waals surface area contributed by atoms with Crippen LogP contribution in [0, 0.1) is 6.92 Å². The molecule has 0 bridgehead atoms. The van der Waals surface area contributed by atoms with E-state index in [1.165, 1.54) is 38.1 Å². The van der Waals surface area contributed by atoms with E-state index >= 15 is 0 Å². The molecule has 0 saturated carbocycles. The van der Waals surface area contributed by atoms with Crippen LogP contribution in [-0.4, -0.2) is 4.98 Å². The fourth-order valence-electron chi connectivity index (χ4n) is 3.63. The predicted octanol–water partition coefficient (Wildman–Crippen LogP) is 7.61. The summed E-state index contributed by atoms with van der Waals surface area (Å²) in [5, 5.41) is 1.08. The van der Waals surface area contributed by atoms with E-state index in [1.807, 2.05) is 0 Å². The fourth-order valence-corrected chi connectivity index (χ4v) is 4.85. The normalized spacial score (nSPS) is 11.0. The molecule has 0 amide bonds. The molecule has 4 aromatic carbocycles. The molecule has 1 aromatic heterocycles. The quantitative estimate of drug-likeness (QED) is 0.315. The molecule has 1 heterocycles. The summed E-state index contributed by atoms with van der Waals surface area (Å²) in [5.41, 5.74) is 8.40. The number of aromatic nitrogens is 1. The molecule has 28 heavy (non-hydrogen) atoms. The maximum absolute atomic E-state index is 5.12. The van der Waals surface area contributed by atoms with E-state index in [4.69, 9.17) is 4.98 Å². The third-order valence-corrected chi connectivity index (χ3v) is 6.21. The van der Waals surface area contributed by atoms with E-state index in [2.05, 4.69) is 104 Å². The summed E-state index contributed by atoms with van der Waals surface area (Å²) in [4.78, 5) is 5.12. The molecule has 5 rings (SSSR count). The average Bonchev–Trinajstić information content (AvgIpc) is 3.20. The molecule has 0 aliphatic heterocycles. The summed E-state index contributed by atoms with van der Waals surface area (Å²) in [6, 6.07) is 34.1. The average molecular weight is 378 g/mol. The summed E-state index contributed by atoms with van der Waals surface area (Å²) in [5.74, 6) is 0. The van der Waals surface area contributed by atoms with Gasteiger partial charge in [0.1, 0.15) is 5.01 Å². The highest BCUT2D eigenvalue weighted by molar-refractivity contribution is 7.22. The van der Waals surface area contributed by atoms with Gasteiger partial charge in [-0.2, -0.15) is 0 Å². The van der Waals surface area contributed by atoms with Crippen molar-refractivity contribution in [2.75, 3.05) is 0 Å². The Bertz CT molecular complexity index is 1180. The summed E-state index contributed by atoms with van der Waals surface area (Å²) in [7, 11) is 0. The monoisotopic (exact) mass is 377 g/mol. The van der Waals surface area contributed by atoms with Crippen LogP contribution >= 0.6 is 11.3 Å². The van der Waals surface area contributed by atoms with Gasteiger partial charge in [0.15, 0.2) is 0 Å². The van der Waals surface area contributed by atoms with Crippen molar-refractivity contribution >= 4 is 21.6 Å². The van der Waals surface area contributed by atoms with Crippen LogP contribution in [0.4, 0.5) is 0 Å². The molecule has 0 spiro atoms. The Kier molecular flexibility index (Phi) is 4.27. The first-order chi connectivity index (χ1) is 13.8. The van der Waals surface area contributed by atoms with Crippen LogP contribution in [0.5, 0.6) is 0 Å². The lowest BCUT2D eigenvalue weighted by Crippen LogP contribution is -1.84. The van der Waals surface area contributed by atoms with Crippen molar-refractivity contribution in [3.8, 4) is 32.8 Å². The van der Waals surface area contributed by atoms with Crippen LogP contribution in [0.2, 0.25) is 0 Å². The maximum atomic E-state index is 5.12. The van der Waals surface area contributed by atoms with Crippen molar-refractivity contribution in [1.29, 1.82) is 0 Å². The minimum absolute atomic E-state index is 1.08. The van der Waals surface area contributed by atoms with E-state index in [1.54, 1.807) is 11.3 Å². The summed E-state index contributed by atoms with van der Waals surface area (Å²) >= 11 is 1.78. The van der Waals surface area contributed by atoms with Gasteiger partial charge in [-0.15, -0.1) is 11.3 Å². The highest BCUT2D eigenvalue weighted by Crippen LogP contribution is 2.41. The van der Waals surface area contributed by atoms with Crippen LogP contribution < -0.4 is 0 Å². The fraction of sp³-hybridized carbons (Fsp3) is 0.0385. The molecule has 0 fully saturated rings. The largest absolute Gasteiger partial charge is 0.235 e. The number of hydrogen-bond donors (Lipinski definition) is 0.